The molecule has 0 spiro atoms. The summed E-state index contributed by atoms with van der Waals surface area (Å²) < 4.78 is 78.6. The number of hydrogen-bond acceptors (Lipinski definition) is 5. The second kappa shape index (κ2) is 9.94. The summed E-state index contributed by atoms with van der Waals surface area (Å²) in [4.78, 5) is 27.6. The monoisotopic (exact) mass is 478 g/mol. The maximum absolute atomic E-state index is 12.5. The van der Waals surface area contributed by atoms with E-state index in [1.165, 1.54) is 6.92 Å². The molecule has 1 N–H and O–H groups in total. The fraction of sp³-hybridized carbons (Fsp3) is 0.250. The number of carboxylic acid groups (broad SMARTS) is 1. The van der Waals surface area contributed by atoms with Crippen LogP contribution in [0.3, 0.4) is 0 Å². The van der Waals surface area contributed by atoms with E-state index < -0.39 is 52.0 Å². The summed E-state index contributed by atoms with van der Waals surface area (Å²) in [6.45, 7) is 1.48. The molecule has 2 heterocycles. The molecule has 0 aliphatic rings. The van der Waals surface area contributed by atoms with Gasteiger partial charge in [-0.2, -0.15) is 26.3 Å². The van der Waals surface area contributed by atoms with Crippen molar-refractivity contribution in [3.63, 3.8) is 0 Å². The lowest BCUT2D eigenvalue weighted by molar-refractivity contribution is -0.142. The molecule has 14 heteroatoms. The van der Waals surface area contributed by atoms with E-state index in [1.54, 1.807) is 0 Å². The zero-order valence-electron chi connectivity index (χ0n) is 14.6. The van der Waals surface area contributed by atoms with Crippen LogP contribution in [0.15, 0.2) is 24.3 Å². The molecular formula is C16H10Cl2F6N2O4. The van der Waals surface area contributed by atoms with Gasteiger partial charge in [-0.1, -0.05) is 23.2 Å². The van der Waals surface area contributed by atoms with Gasteiger partial charge in [-0.05, 0) is 31.2 Å². The van der Waals surface area contributed by atoms with E-state index in [9.17, 15) is 35.9 Å². The lowest BCUT2D eigenvalue weighted by Crippen LogP contribution is -2.17. The molecule has 0 atom stereocenters. The van der Waals surface area contributed by atoms with Crippen molar-refractivity contribution < 1.29 is 45.8 Å². The van der Waals surface area contributed by atoms with E-state index in [2.05, 4.69) is 14.7 Å². The molecule has 0 aromatic carbocycles. The van der Waals surface area contributed by atoms with Gasteiger partial charge < -0.3 is 9.84 Å². The van der Waals surface area contributed by atoms with Gasteiger partial charge in [0.2, 0.25) is 0 Å². The van der Waals surface area contributed by atoms with Crippen LogP contribution in [0.4, 0.5) is 26.3 Å². The van der Waals surface area contributed by atoms with Gasteiger partial charge in [0.1, 0.15) is 10.3 Å². The number of esters is 1. The second-order valence-corrected chi connectivity index (χ2v) is 5.86. The number of carbonyl (C=O) groups excluding carboxylic acids is 1. The number of aromatic carboxylic acids is 1. The Morgan fingerprint density at radius 1 is 0.900 bits per heavy atom. The van der Waals surface area contributed by atoms with Crippen LogP contribution >= 0.6 is 23.2 Å². The Balaban J connectivity index is 0.000000303. The van der Waals surface area contributed by atoms with E-state index in [-0.39, 0.29) is 11.8 Å². The summed E-state index contributed by atoms with van der Waals surface area (Å²) in [5, 5.41) is 7.70. The number of hydrogen-bond donors (Lipinski definition) is 1. The summed E-state index contributed by atoms with van der Waals surface area (Å²) in [5.74, 6) is -2.76. The van der Waals surface area contributed by atoms with Crippen molar-refractivity contribution in [2.24, 2.45) is 0 Å². The minimum Gasteiger partial charge on any atom is -0.478 e. The molecule has 0 saturated carbocycles. The molecule has 0 aliphatic heterocycles. The van der Waals surface area contributed by atoms with Crippen LogP contribution in [0, 0.1) is 0 Å². The molecule has 2 rings (SSSR count). The quantitative estimate of drug-likeness (QED) is 0.361. The molecule has 2 aromatic rings. The summed E-state index contributed by atoms with van der Waals surface area (Å²) in [6, 6.07) is 3.79. The van der Waals surface area contributed by atoms with Gasteiger partial charge >= 0.3 is 24.3 Å². The Morgan fingerprint density at radius 3 is 1.67 bits per heavy atom. The van der Waals surface area contributed by atoms with Crippen LogP contribution in [0.25, 0.3) is 0 Å². The molecule has 0 fully saturated rings. The maximum Gasteiger partial charge on any atom is 0.434 e. The smallest absolute Gasteiger partial charge is 0.434 e. The molecule has 0 bridgehead atoms. The molecule has 0 radical (unpaired) electrons. The van der Waals surface area contributed by atoms with E-state index in [4.69, 9.17) is 28.3 Å². The SMILES string of the molecule is CCOC(=O)c1ccc(Cl)nc1C(F)(F)F.O=C(O)c1ccc(Cl)nc1C(F)(F)F. The molecule has 2 aromatic heterocycles. The molecule has 6 nitrogen and oxygen atoms in total. The Labute approximate surface area is 174 Å². The number of pyridine rings is 2. The van der Waals surface area contributed by atoms with Crippen molar-refractivity contribution in [3.05, 3.63) is 57.1 Å². The third-order valence-corrected chi connectivity index (χ3v) is 3.41. The first kappa shape index (κ1) is 25.4. The first-order chi connectivity index (χ1) is 13.7. The van der Waals surface area contributed by atoms with Crippen molar-refractivity contribution in [2.75, 3.05) is 6.61 Å². The summed E-state index contributed by atoms with van der Waals surface area (Å²) >= 11 is 10.6. The second-order valence-electron chi connectivity index (χ2n) is 5.08. The van der Waals surface area contributed by atoms with Crippen LogP contribution in [0.2, 0.25) is 10.3 Å². The predicted octanol–water partition coefficient (Wildman–Crippen LogP) is 5.38. The third kappa shape index (κ3) is 7.02. The molecular weight excluding hydrogens is 469 g/mol. The minimum atomic E-state index is -4.82. The van der Waals surface area contributed by atoms with Crippen LogP contribution in [-0.4, -0.2) is 33.6 Å². The lowest BCUT2D eigenvalue weighted by atomic mass is 10.2. The summed E-state index contributed by atoms with van der Waals surface area (Å²) in [5.41, 5.74) is -4.38. The predicted molar refractivity (Wildman–Crippen MR) is 91.4 cm³/mol. The van der Waals surface area contributed by atoms with Crippen molar-refractivity contribution in [1.29, 1.82) is 0 Å². The first-order valence-electron chi connectivity index (χ1n) is 7.56. The van der Waals surface area contributed by atoms with E-state index >= 15 is 0 Å². The number of nitrogens with zero attached hydrogens (tertiary/aromatic N) is 2. The number of carbonyl (C=O) groups is 2. The van der Waals surface area contributed by atoms with Gasteiger partial charge in [0.25, 0.3) is 0 Å². The number of aromatic nitrogens is 2. The highest BCUT2D eigenvalue weighted by Crippen LogP contribution is 2.32. The van der Waals surface area contributed by atoms with Crippen molar-refractivity contribution in [3.8, 4) is 0 Å². The first-order valence-corrected chi connectivity index (χ1v) is 8.32. The van der Waals surface area contributed by atoms with Crippen molar-refractivity contribution in [2.45, 2.75) is 19.3 Å². The Morgan fingerprint density at radius 2 is 1.30 bits per heavy atom. The standard InChI is InChI=1S/C9H7ClF3NO2.C7H3ClF3NO2/c1-2-16-8(15)5-3-4-6(10)14-7(5)9(11,12)13;8-4-2-1-3(6(13)14)5(12-4)7(9,10)11/h3-4H,2H2,1H3;1-2H,(H,13,14). The molecule has 0 unspecified atom stereocenters. The van der Waals surface area contributed by atoms with Gasteiger partial charge in [0, 0.05) is 0 Å². The van der Waals surface area contributed by atoms with Crippen LogP contribution in [-0.2, 0) is 17.1 Å². The Hall–Kier alpha value is -2.60. The van der Waals surface area contributed by atoms with Crippen molar-refractivity contribution in [1.82, 2.24) is 9.97 Å². The normalized spacial score (nSPS) is 11.4. The molecule has 0 saturated heterocycles. The summed E-state index contributed by atoms with van der Waals surface area (Å²) in [7, 11) is 0. The number of carboxylic acids is 1. The fourth-order valence-electron chi connectivity index (χ4n) is 1.85. The zero-order chi connectivity index (χ0) is 23.3. The third-order valence-electron chi connectivity index (χ3n) is 2.99. The number of ether oxygens (including phenoxy) is 1. The molecule has 0 aliphatic carbocycles. The minimum absolute atomic E-state index is 0.0151. The highest BCUT2D eigenvalue weighted by Gasteiger charge is 2.38. The zero-order valence-corrected chi connectivity index (χ0v) is 16.1. The molecule has 0 amide bonds. The maximum atomic E-state index is 12.5. The van der Waals surface area contributed by atoms with Gasteiger partial charge in [-0.25, -0.2) is 19.6 Å². The van der Waals surface area contributed by atoms with E-state index in [0.29, 0.717) is 0 Å². The Bertz CT molecular complexity index is 935. The van der Waals surface area contributed by atoms with Crippen LogP contribution in [0.5, 0.6) is 0 Å². The van der Waals surface area contributed by atoms with Gasteiger partial charge in [-0.15, -0.1) is 0 Å². The van der Waals surface area contributed by atoms with Gasteiger partial charge in [0.15, 0.2) is 11.4 Å². The number of halogens is 8. The van der Waals surface area contributed by atoms with E-state index in [0.717, 1.165) is 24.3 Å². The number of alkyl halides is 6. The average Bonchev–Trinajstić information content (AvgIpc) is 2.60. The van der Waals surface area contributed by atoms with Crippen molar-refractivity contribution >= 4 is 35.1 Å². The molecule has 30 heavy (non-hydrogen) atoms. The summed E-state index contributed by atoms with van der Waals surface area (Å²) in [6.07, 6.45) is -9.56. The molecule has 164 valence electrons. The largest absolute Gasteiger partial charge is 0.478 e. The van der Waals surface area contributed by atoms with Crippen LogP contribution < -0.4 is 0 Å². The Kier molecular flexibility index (Phi) is 8.43. The fourth-order valence-corrected chi connectivity index (χ4v) is 2.14. The highest BCUT2D eigenvalue weighted by atomic mass is 35.5. The lowest BCUT2D eigenvalue weighted by Gasteiger charge is -2.10. The average molecular weight is 479 g/mol. The van der Waals surface area contributed by atoms with Gasteiger partial charge in [-0.3, -0.25) is 0 Å². The number of rotatable bonds is 3. The van der Waals surface area contributed by atoms with Crippen LogP contribution in [0.1, 0.15) is 39.0 Å². The highest BCUT2D eigenvalue weighted by molar-refractivity contribution is 6.29. The van der Waals surface area contributed by atoms with E-state index in [1.807, 2.05) is 0 Å². The topological polar surface area (TPSA) is 89.4 Å². The van der Waals surface area contributed by atoms with Gasteiger partial charge in [0.05, 0.1) is 17.7 Å².